The molecule has 0 atom stereocenters. The highest BCUT2D eigenvalue weighted by Crippen LogP contribution is 2.36. The van der Waals surface area contributed by atoms with Crippen LogP contribution in [0.15, 0.2) is 53.7 Å². The summed E-state index contributed by atoms with van der Waals surface area (Å²) in [6.07, 6.45) is 0. The van der Waals surface area contributed by atoms with Gasteiger partial charge in [-0.25, -0.2) is 4.98 Å². The van der Waals surface area contributed by atoms with Crippen LogP contribution in [0.3, 0.4) is 0 Å². The van der Waals surface area contributed by atoms with Crippen LogP contribution in [0, 0.1) is 6.92 Å². The minimum absolute atomic E-state index is 0.378. The van der Waals surface area contributed by atoms with Crippen LogP contribution in [-0.4, -0.2) is 22.3 Å². The quantitative estimate of drug-likeness (QED) is 0.232. The molecule has 0 fully saturated rings. The van der Waals surface area contributed by atoms with Crippen LogP contribution >= 0.6 is 46.6 Å². The van der Waals surface area contributed by atoms with Gasteiger partial charge in [-0.1, -0.05) is 64.8 Å². The monoisotopic (exact) mass is 440 g/mol. The van der Waals surface area contributed by atoms with Crippen LogP contribution in [0.25, 0.3) is 0 Å². The van der Waals surface area contributed by atoms with Crippen molar-refractivity contribution in [1.29, 1.82) is 0 Å². The van der Waals surface area contributed by atoms with Crippen LogP contribution in [0.5, 0.6) is 17.4 Å². The Morgan fingerprint density at radius 1 is 0.963 bits per heavy atom. The summed E-state index contributed by atoms with van der Waals surface area (Å²) in [5, 5.41) is 1.83. The topological polar surface area (TPSA) is 44.2 Å². The maximum atomic E-state index is 6.11. The number of hydrogen-bond acceptors (Lipinski definition) is 5. The van der Waals surface area contributed by atoms with Gasteiger partial charge in [0.1, 0.15) is 5.75 Å². The number of halogens is 3. The molecule has 0 saturated heterocycles. The Balaban J connectivity index is 1.58. The second kappa shape index (κ2) is 9.51. The summed E-state index contributed by atoms with van der Waals surface area (Å²) in [4.78, 5) is 8.84. The number of aryl methyl sites for hydroxylation is 1. The first-order valence-electron chi connectivity index (χ1n) is 8.00. The third-order valence-electron chi connectivity index (χ3n) is 3.30. The molecule has 0 saturated carbocycles. The summed E-state index contributed by atoms with van der Waals surface area (Å²) in [6, 6.07) is 14.5. The van der Waals surface area contributed by atoms with E-state index in [-0.39, 0.29) is 0 Å². The van der Waals surface area contributed by atoms with Gasteiger partial charge in [-0.2, -0.15) is 4.98 Å². The van der Waals surface area contributed by atoms with Crippen molar-refractivity contribution in [2.45, 2.75) is 12.1 Å². The lowest BCUT2D eigenvalue weighted by Gasteiger charge is -2.10. The molecule has 0 bridgehead atoms. The number of aromatic nitrogens is 2. The number of hydrogen-bond donors (Lipinski definition) is 0. The molecule has 0 unspecified atom stereocenters. The number of nitrogens with zero attached hydrogens (tertiary/aromatic N) is 2. The van der Waals surface area contributed by atoms with Crippen molar-refractivity contribution in [2.75, 3.05) is 12.4 Å². The average molecular weight is 442 g/mol. The van der Waals surface area contributed by atoms with Crippen molar-refractivity contribution in [2.24, 2.45) is 0 Å². The molecule has 140 valence electrons. The number of benzene rings is 2. The lowest BCUT2D eigenvalue weighted by Crippen LogP contribution is -2.03. The lowest BCUT2D eigenvalue weighted by atomic mass is 10.3. The molecule has 3 aromatic rings. The Morgan fingerprint density at radius 3 is 2.37 bits per heavy atom. The summed E-state index contributed by atoms with van der Waals surface area (Å²) < 4.78 is 11.4. The van der Waals surface area contributed by atoms with E-state index in [1.807, 2.05) is 37.3 Å². The van der Waals surface area contributed by atoms with Crippen LogP contribution < -0.4 is 9.47 Å². The predicted molar refractivity (Wildman–Crippen MR) is 111 cm³/mol. The zero-order chi connectivity index (χ0) is 19.2. The molecule has 0 radical (unpaired) electrons. The van der Waals surface area contributed by atoms with Gasteiger partial charge < -0.3 is 9.47 Å². The standard InChI is InChI=1S/C19H15Cl3N2O2S/c1-12-9-17(26-14-5-3-2-4-6-14)24-19(23-12)27-8-7-25-18-15(21)10-13(20)11-16(18)22/h2-6,9-11H,7-8H2,1H3. The number of ether oxygens (including phenoxy) is 2. The van der Waals surface area contributed by atoms with Crippen molar-refractivity contribution >= 4 is 46.6 Å². The molecule has 1 heterocycles. The first-order chi connectivity index (χ1) is 13.0. The van der Waals surface area contributed by atoms with E-state index in [0.29, 0.717) is 44.2 Å². The van der Waals surface area contributed by atoms with Gasteiger partial charge in [0, 0.05) is 22.5 Å². The maximum Gasteiger partial charge on any atom is 0.223 e. The average Bonchev–Trinajstić information content (AvgIpc) is 2.60. The molecule has 2 aromatic carbocycles. The van der Waals surface area contributed by atoms with Crippen LogP contribution in [0.2, 0.25) is 15.1 Å². The van der Waals surface area contributed by atoms with Crippen molar-refractivity contribution in [3.05, 3.63) is 69.3 Å². The minimum atomic E-state index is 0.378. The van der Waals surface area contributed by atoms with Crippen LogP contribution in [0.4, 0.5) is 0 Å². The fraction of sp³-hybridized carbons (Fsp3) is 0.158. The summed E-state index contributed by atoms with van der Waals surface area (Å²) >= 11 is 19.6. The van der Waals surface area contributed by atoms with E-state index in [9.17, 15) is 0 Å². The zero-order valence-corrected chi connectivity index (χ0v) is 17.4. The fourth-order valence-electron chi connectivity index (χ4n) is 2.18. The molecular formula is C19H15Cl3N2O2S. The van der Waals surface area contributed by atoms with Crippen LogP contribution in [0.1, 0.15) is 5.69 Å². The molecule has 8 heteroatoms. The maximum absolute atomic E-state index is 6.11. The van der Waals surface area contributed by atoms with Gasteiger partial charge in [0.05, 0.1) is 16.7 Å². The van der Waals surface area contributed by atoms with Gasteiger partial charge in [-0.15, -0.1) is 0 Å². The van der Waals surface area contributed by atoms with Crippen LogP contribution in [-0.2, 0) is 0 Å². The third-order valence-corrected chi connectivity index (χ3v) is 4.89. The Bertz CT molecular complexity index is 903. The van der Waals surface area contributed by atoms with Crippen molar-refractivity contribution in [1.82, 2.24) is 9.97 Å². The summed E-state index contributed by atoms with van der Waals surface area (Å²) in [7, 11) is 0. The van der Waals surface area contributed by atoms with E-state index >= 15 is 0 Å². The molecule has 0 aliphatic heterocycles. The van der Waals surface area contributed by atoms with Gasteiger partial charge in [0.15, 0.2) is 10.9 Å². The van der Waals surface area contributed by atoms with E-state index in [2.05, 4.69) is 9.97 Å². The highest BCUT2D eigenvalue weighted by molar-refractivity contribution is 7.99. The SMILES string of the molecule is Cc1cc(Oc2ccccc2)nc(SCCOc2c(Cl)cc(Cl)cc2Cl)n1. The summed E-state index contributed by atoms with van der Waals surface area (Å²) in [5.74, 6) is 2.26. The van der Waals surface area contributed by atoms with E-state index in [0.717, 1.165) is 11.4 Å². The van der Waals surface area contributed by atoms with E-state index in [1.165, 1.54) is 11.8 Å². The Morgan fingerprint density at radius 2 is 1.67 bits per heavy atom. The zero-order valence-electron chi connectivity index (χ0n) is 14.3. The van der Waals surface area contributed by atoms with Gasteiger partial charge in [0.2, 0.25) is 5.88 Å². The number of rotatable bonds is 7. The minimum Gasteiger partial charge on any atom is -0.490 e. The molecule has 0 amide bonds. The summed E-state index contributed by atoms with van der Waals surface area (Å²) in [6.45, 7) is 2.28. The van der Waals surface area contributed by atoms with Gasteiger partial charge in [-0.3, -0.25) is 0 Å². The Hall–Kier alpha value is -1.66. The Labute approximate surface area is 176 Å². The molecule has 0 N–H and O–H groups in total. The first kappa shape index (κ1) is 20.1. The fourth-order valence-corrected chi connectivity index (χ4v) is 3.82. The smallest absolute Gasteiger partial charge is 0.223 e. The highest BCUT2D eigenvalue weighted by Gasteiger charge is 2.10. The largest absolute Gasteiger partial charge is 0.490 e. The second-order valence-corrected chi connectivity index (χ2v) is 7.75. The molecule has 0 aliphatic rings. The van der Waals surface area contributed by atoms with E-state index in [4.69, 9.17) is 44.3 Å². The van der Waals surface area contributed by atoms with Gasteiger partial charge >= 0.3 is 0 Å². The molecule has 1 aromatic heterocycles. The molecule has 0 aliphatic carbocycles. The molecule has 27 heavy (non-hydrogen) atoms. The highest BCUT2D eigenvalue weighted by atomic mass is 35.5. The molecule has 3 rings (SSSR count). The third kappa shape index (κ3) is 5.91. The molecule has 0 spiro atoms. The second-order valence-electron chi connectivity index (χ2n) is 5.44. The normalized spacial score (nSPS) is 10.7. The van der Waals surface area contributed by atoms with Gasteiger partial charge in [-0.05, 0) is 31.2 Å². The van der Waals surface area contributed by atoms with Gasteiger partial charge in [0.25, 0.3) is 0 Å². The van der Waals surface area contributed by atoms with Crippen molar-refractivity contribution in [3.63, 3.8) is 0 Å². The first-order valence-corrected chi connectivity index (χ1v) is 10.1. The number of para-hydroxylation sites is 1. The lowest BCUT2D eigenvalue weighted by molar-refractivity contribution is 0.344. The predicted octanol–water partition coefficient (Wildman–Crippen LogP) is 6.71. The number of thioether (sulfide) groups is 1. The van der Waals surface area contributed by atoms with Crippen molar-refractivity contribution in [3.8, 4) is 17.4 Å². The molecule has 4 nitrogen and oxygen atoms in total. The van der Waals surface area contributed by atoms with Crippen molar-refractivity contribution < 1.29 is 9.47 Å². The summed E-state index contributed by atoms with van der Waals surface area (Å²) in [5.41, 5.74) is 0.822. The van der Waals surface area contributed by atoms with E-state index < -0.39 is 0 Å². The molecular weight excluding hydrogens is 427 g/mol. The van der Waals surface area contributed by atoms with E-state index in [1.54, 1.807) is 18.2 Å². The Kier molecular flexibility index (Phi) is 7.07.